The molecule has 0 aliphatic heterocycles. The molecule has 1 aromatic rings. The largest absolute Gasteiger partial charge is 0.391 e. The molecule has 1 atom stereocenters. The number of aliphatic hydroxyl groups excluding tert-OH is 1. The summed E-state index contributed by atoms with van der Waals surface area (Å²) in [6, 6.07) is 6.07. The summed E-state index contributed by atoms with van der Waals surface area (Å²) in [7, 11) is 1.63. The Hall–Kier alpha value is -2.21. The Kier molecular flexibility index (Phi) is 4.70. The number of carbonyl (C=O) groups excluding carboxylic acids is 1. The lowest BCUT2D eigenvalue weighted by Crippen LogP contribution is -2.34. The number of non-ortho nitro benzene ring substituents is 1. The molecule has 0 radical (unpaired) electrons. The zero-order valence-corrected chi connectivity index (χ0v) is 11.8. The predicted octanol–water partition coefficient (Wildman–Crippen LogP) is 1.84. The third-order valence-corrected chi connectivity index (χ3v) is 3.50. The molecule has 1 aromatic carbocycles. The summed E-state index contributed by atoms with van der Waals surface area (Å²) >= 11 is 0. The molecule has 0 heterocycles. The summed E-state index contributed by atoms with van der Waals surface area (Å²) in [6.45, 7) is 0.308. The van der Waals surface area contributed by atoms with Crippen LogP contribution in [-0.4, -0.2) is 40.5 Å². The van der Waals surface area contributed by atoms with Crippen molar-refractivity contribution in [3.8, 4) is 0 Å². The van der Waals surface area contributed by atoms with Gasteiger partial charge in [-0.1, -0.05) is 12.1 Å². The van der Waals surface area contributed by atoms with E-state index in [1.807, 2.05) is 0 Å². The average Bonchev–Trinajstić information content (AvgIpc) is 3.29. The first-order chi connectivity index (χ1) is 9.97. The van der Waals surface area contributed by atoms with Crippen LogP contribution >= 0.6 is 0 Å². The van der Waals surface area contributed by atoms with E-state index in [0.717, 1.165) is 12.8 Å². The number of nitro groups is 1. The molecule has 1 saturated carbocycles. The maximum Gasteiger partial charge on any atom is 0.270 e. The minimum Gasteiger partial charge on any atom is -0.391 e. The van der Waals surface area contributed by atoms with Crippen molar-refractivity contribution in [2.75, 3.05) is 13.6 Å². The first-order valence-corrected chi connectivity index (χ1v) is 6.83. The number of benzene rings is 1. The number of hydrogen-bond acceptors (Lipinski definition) is 4. The van der Waals surface area contributed by atoms with Crippen molar-refractivity contribution in [1.82, 2.24) is 4.90 Å². The number of amides is 1. The van der Waals surface area contributed by atoms with Crippen LogP contribution in [0.25, 0.3) is 6.08 Å². The Morgan fingerprint density at radius 1 is 1.57 bits per heavy atom. The van der Waals surface area contributed by atoms with E-state index in [9.17, 15) is 20.0 Å². The molecule has 0 saturated heterocycles. The first kappa shape index (κ1) is 15.2. The SMILES string of the molecule is CN(CC(O)C1CC1)C(=O)C=Cc1cccc([N+](=O)[O-])c1. The second-order valence-corrected chi connectivity index (χ2v) is 5.31. The molecule has 6 heteroatoms. The van der Waals surface area contributed by atoms with Crippen LogP contribution in [-0.2, 0) is 4.79 Å². The van der Waals surface area contributed by atoms with Crippen molar-refractivity contribution in [3.05, 3.63) is 46.0 Å². The molecule has 1 fully saturated rings. The molecule has 1 aliphatic rings. The third-order valence-electron chi connectivity index (χ3n) is 3.50. The second kappa shape index (κ2) is 6.49. The van der Waals surface area contributed by atoms with Crippen molar-refractivity contribution in [3.63, 3.8) is 0 Å². The van der Waals surface area contributed by atoms with Crippen LogP contribution < -0.4 is 0 Å². The van der Waals surface area contributed by atoms with Crippen molar-refractivity contribution in [2.45, 2.75) is 18.9 Å². The lowest BCUT2D eigenvalue weighted by atomic mass is 10.2. The Morgan fingerprint density at radius 3 is 2.90 bits per heavy atom. The van der Waals surface area contributed by atoms with Gasteiger partial charge < -0.3 is 10.0 Å². The maximum atomic E-state index is 11.9. The van der Waals surface area contributed by atoms with Crippen LogP contribution in [0, 0.1) is 16.0 Å². The van der Waals surface area contributed by atoms with Crippen LogP contribution in [0.5, 0.6) is 0 Å². The van der Waals surface area contributed by atoms with Crippen molar-refractivity contribution >= 4 is 17.7 Å². The number of rotatable bonds is 6. The predicted molar refractivity (Wildman–Crippen MR) is 78.5 cm³/mol. The first-order valence-electron chi connectivity index (χ1n) is 6.83. The molecule has 112 valence electrons. The highest BCUT2D eigenvalue weighted by Crippen LogP contribution is 2.32. The fourth-order valence-corrected chi connectivity index (χ4v) is 2.04. The minimum absolute atomic E-state index is 0.0119. The quantitative estimate of drug-likeness (QED) is 0.492. The molecule has 2 rings (SSSR count). The Labute approximate surface area is 122 Å². The Bertz CT molecular complexity index is 567. The van der Waals surface area contributed by atoms with E-state index in [4.69, 9.17) is 0 Å². The zero-order valence-electron chi connectivity index (χ0n) is 11.8. The summed E-state index contributed by atoms with van der Waals surface area (Å²) < 4.78 is 0. The van der Waals surface area contributed by atoms with Gasteiger partial charge in [0.25, 0.3) is 5.69 Å². The zero-order chi connectivity index (χ0) is 15.4. The highest BCUT2D eigenvalue weighted by Gasteiger charge is 2.30. The summed E-state index contributed by atoms with van der Waals surface area (Å²) in [4.78, 5) is 23.6. The van der Waals surface area contributed by atoms with Crippen molar-refractivity contribution in [1.29, 1.82) is 0 Å². The van der Waals surface area contributed by atoms with Gasteiger partial charge in [-0.05, 0) is 30.4 Å². The van der Waals surface area contributed by atoms with E-state index in [-0.39, 0.29) is 11.6 Å². The second-order valence-electron chi connectivity index (χ2n) is 5.31. The van der Waals surface area contributed by atoms with Crippen LogP contribution in [0.3, 0.4) is 0 Å². The summed E-state index contributed by atoms with van der Waals surface area (Å²) in [5, 5.41) is 20.5. The van der Waals surface area contributed by atoms with Gasteiger partial charge in [-0.25, -0.2) is 0 Å². The van der Waals surface area contributed by atoms with E-state index in [1.165, 1.54) is 29.2 Å². The highest BCUT2D eigenvalue weighted by molar-refractivity contribution is 5.91. The van der Waals surface area contributed by atoms with Gasteiger partial charge in [-0.3, -0.25) is 14.9 Å². The van der Waals surface area contributed by atoms with E-state index in [2.05, 4.69) is 0 Å². The van der Waals surface area contributed by atoms with E-state index in [0.29, 0.717) is 18.0 Å². The molecule has 1 unspecified atom stereocenters. The van der Waals surface area contributed by atoms with Crippen molar-refractivity contribution in [2.24, 2.45) is 5.92 Å². The smallest absolute Gasteiger partial charge is 0.270 e. The van der Waals surface area contributed by atoms with E-state index < -0.39 is 11.0 Å². The number of aliphatic hydroxyl groups is 1. The van der Waals surface area contributed by atoms with Gasteiger partial charge in [0.1, 0.15) is 0 Å². The molecule has 6 nitrogen and oxygen atoms in total. The molecule has 0 spiro atoms. The lowest BCUT2D eigenvalue weighted by molar-refractivity contribution is -0.384. The maximum absolute atomic E-state index is 11.9. The molecule has 1 aliphatic carbocycles. The standard InChI is InChI=1S/C15H18N2O4/c1-16(10-14(18)12-6-7-12)15(19)8-5-11-3-2-4-13(9-11)17(20)21/h2-5,8-9,12,14,18H,6-7,10H2,1H3. The molecule has 21 heavy (non-hydrogen) atoms. The normalized spacial score (nSPS) is 15.9. The number of likely N-dealkylation sites (N-methyl/N-ethyl adjacent to an activating group) is 1. The van der Waals surface area contributed by atoms with Gasteiger partial charge in [0, 0.05) is 31.8 Å². The van der Waals surface area contributed by atoms with Gasteiger partial charge in [0.05, 0.1) is 11.0 Å². The average molecular weight is 290 g/mol. The third kappa shape index (κ3) is 4.39. The molecular weight excluding hydrogens is 272 g/mol. The van der Waals surface area contributed by atoms with Gasteiger partial charge in [0.15, 0.2) is 0 Å². The van der Waals surface area contributed by atoms with Crippen LogP contribution in [0.15, 0.2) is 30.3 Å². The molecule has 1 amide bonds. The van der Waals surface area contributed by atoms with Crippen LogP contribution in [0.4, 0.5) is 5.69 Å². The Balaban J connectivity index is 1.94. The molecule has 1 N–H and O–H groups in total. The number of carbonyl (C=O) groups is 1. The van der Waals surface area contributed by atoms with E-state index in [1.54, 1.807) is 19.2 Å². The lowest BCUT2D eigenvalue weighted by Gasteiger charge is -2.19. The van der Waals surface area contributed by atoms with E-state index >= 15 is 0 Å². The summed E-state index contributed by atoms with van der Waals surface area (Å²) in [5.41, 5.74) is 0.579. The summed E-state index contributed by atoms with van der Waals surface area (Å²) in [5.74, 6) is 0.0854. The molecular formula is C15H18N2O4. The summed E-state index contributed by atoms with van der Waals surface area (Å²) in [6.07, 6.45) is 4.47. The Morgan fingerprint density at radius 2 is 2.29 bits per heavy atom. The highest BCUT2D eigenvalue weighted by atomic mass is 16.6. The van der Waals surface area contributed by atoms with Gasteiger partial charge >= 0.3 is 0 Å². The van der Waals surface area contributed by atoms with Gasteiger partial charge in [0.2, 0.25) is 5.91 Å². The number of hydrogen-bond donors (Lipinski definition) is 1. The topological polar surface area (TPSA) is 83.7 Å². The fraction of sp³-hybridized carbons (Fsp3) is 0.400. The van der Waals surface area contributed by atoms with Crippen LogP contribution in [0.1, 0.15) is 18.4 Å². The minimum atomic E-state index is -0.475. The molecule has 0 aromatic heterocycles. The van der Waals surface area contributed by atoms with Gasteiger partial charge in [-0.2, -0.15) is 0 Å². The van der Waals surface area contributed by atoms with Crippen LogP contribution in [0.2, 0.25) is 0 Å². The number of nitro benzene ring substituents is 1. The van der Waals surface area contributed by atoms with Gasteiger partial charge in [-0.15, -0.1) is 0 Å². The molecule has 0 bridgehead atoms. The monoisotopic (exact) mass is 290 g/mol. The van der Waals surface area contributed by atoms with Crippen molar-refractivity contribution < 1.29 is 14.8 Å². The number of nitrogens with zero attached hydrogens (tertiary/aromatic N) is 2. The fourth-order valence-electron chi connectivity index (χ4n) is 2.04.